The molecular weight excluding hydrogens is 148 g/mol. The molecule has 2 heteroatoms. The highest BCUT2D eigenvalue weighted by molar-refractivity contribution is 5.27. The Balaban J connectivity index is 3.14. The zero-order valence-corrected chi connectivity index (χ0v) is 8.26. The van der Waals surface area contributed by atoms with Gasteiger partial charge in [-0.1, -0.05) is 20.8 Å². The van der Waals surface area contributed by atoms with Crippen LogP contribution >= 0.6 is 0 Å². The first-order valence-electron chi connectivity index (χ1n) is 4.47. The summed E-state index contributed by atoms with van der Waals surface area (Å²) in [5, 5.41) is 8.12. The van der Waals surface area contributed by atoms with Crippen molar-refractivity contribution < 1.29 is 0 Å². The van der Waals surface area contributed by atoms with Gasteiger partial charge in [0.1, 0.15) is 0 Å². The molecule has 0 radical (unpaired) electrons. The second-order valence-corrected chi connectivity index (χ2v) is 3.39. The second kappa shape index (κ2) is 3.65. The molecule has 1 aromatic heterocycles. The monoisotopic (exact) mass is 164 g/mol. The van der Waals surface area contributed by atoms with Gasteiger partial charge in [-0.05, 0) is 30.4 Å². The maximum atomic E-state index is 4.14. The van der Waals surface area contributed by atoms with Gasteiger partial charge in [-0.15, -0.1) is 0 Å². The molecule has 0 aliphatic rings. The summed E-state index contributed by atoms with van der Waals surface area (Å²) in [6.07, 6.45) is 2.91. The number of hydrogen-bond acceptors (Lipinski definition) is 2. The molecule has 0 unspecified atom stereocenters. The molecule has 66 valence electrons. The molecule has 12 heavy (non-hydrogen) atoms. The highest BCUT2D eigenvalue weighted by Gasteiger charge is 2.07. The first-order valence-corrected chi connectivity index (χ1v) is 4.47. The Kier molecular flexibility index (Phi) is 2.79. The first-order chi connectivity index (χ1) is 5.66. The summed E-state index contributed by atoms with van der Waals surface area (Å²) < 4.78 is 0. The van der Waals surface area contributed by atoms with Gasteiger partial charge < -0.3 is 0 Å². The lowest BCUT2D eigenvalue weighted by Gasteiger charge is -2.09. The molecule has 1 heterocycles. The minimum atomic E-state index is 0.476. The molecule has 0 saturated carbocycles. The van der Waals surface area contributed by atoms with E-state index in [-0.39, 0.29) is 0 Å². The molecule has 0 amide bonds. The van der Waals surface area contributed by atoms with Crippen LogP contribution in [0.4, 0.5) is 0 Å². The SMILES string of the molecule is CCc1cnnc(C(C)C)c1C. The lowest BCUT2D eigenvalue weighted by molar-refractivity contribution is 0.764. The average Bonchev–Trinajstić information content (AvgIpc) is 2.04. The van der Waals surface area contributed by atoms with Gasteiger partial charge in [0, 0.05) is 0 Å². The van der Waals surface area contributed by atoms with E-state index < -0.39 is 0 Å². The molecule has 0 fully saturated rings. The minimum absolute atomic E-state index is 0.476. The molecular formula is C10H16N2. The van der Waals surface area contributed by atoms with Crippen LogP contribution in [0.15, 0.2) is 6.20 Å². The molecule has 0 atom stereocenters. The van der Waals surface area contributed by atoms with Gasteiger partial charge in [-0.25, -0.2) is 0 Å². The normalized spacial score (nSPS) is 10.8. The smallest absolute Gasteiger partial charge is 0.0688 e. The first kappa shape index (κ1) is 9.17. The molecule has 0 N–H and O–H groups in total. The summed E-state index contributed by atoms with van der Waals surface area (Å²) in [7, 11) is 0. The van der Waals surface area contributed by atoms with Crippen LogP contribution in [0.1, 0.15) is 43.5 Å². The molecule has 0 bridgehead atoms. The van der Waals surface area contributed by atoms with E-state index in [1.54, 1.807) is 0 Å². The average molecular weight is 164 g/mol. The third kappa shape index (κ3) is 1.63. The van der Waals surface area contributed by atoms with Crippen molar-refractivity contribution in [3.8, 4) is 0 Å². The zero-order chi connectivity index (χ0) is 9.14. The fraction of sp³-hybridized carbons (Fsp3) is 0.600. The van der Waals surface area contributed by atoms with Crippen molar-refractivity contribution >= 4 is 0 Å². The number of nitrogens with zero attached hydrogens (tertiary/aromatic N) is 2. The van der Waals surface area contributed by atoms with Gasteiger partial charge >= 0.3 is 0 Å². The van der Waals surface area contributed by atoms with E-state index in [0.717, 1.165) is 12.1 Å². The minimum Gasteiger partial charge on any atom is -0.159 e. The van der Waals surface area contributed by atoms with Gasteiger partial charge in [-0.2, -0.15) is 10.2 Å². The van der Waals surface area contributed by atoms with Crippen molar-refractivity contribution in [3.05, 3.63) is 23.0 Å². The van der Waals surface area contributed by atoms with Crippen molar-refractivity contribution in [1.29, 1.82) is 0 Å². The van der Waals surface area contributed by atoms with Gasteiger partial charge in [0.2, 0.25) is 0 Å². The fourth-order valence-corrected chi connectivity index (χ4v) is 1.40. The second-order valence-electron chi connectivity index (χ2n) is 3.39. The molecule has 0 spiro atoms. The zero-order valence-electron chi connectivity index (χ0n) is 8.26. The Hall–Kier alpha value is -0.920. The Labute approximate surface area is 74.0 Å². The van der Waals surface area contributed by atoms with E-state index in [9.17, 15) is 0 Å². The number of rotatable bonds is 2. The fourth-order valence-electron chi connectivity index (χ4n) is 1.40. The molecule has 1 aromatic rings. The maximum absolute atomic E-state index is 4.14. The third-order valence-corrected chi connectivity index (χ3v) is 2.17. The summed E-state index contributed by atoms with van der Waals surface area (Å²) in [4.78, 5) is 0. The molecule has 0 aliphatic heterocycles. The Morgan fingerprint density at radius 3 is 2.58 bits per heavy atom. The van der Waals surface area contributed by atoms with Gasteiger partial charge in [-0.3, -0.25) is 0 Å². The summed E-state index contributed by atoms with van der Waals surface area (Å²) in [5.74, 6) is 0.476. The van der Waals surface area contributed by atoms with Crippen molar-refractivity contribution in [2.75, 3.05) is 0 Å². The van der Waals surface area contributed by atoms with E-state index >= 15 is 0 Å². The largest absolute Gasteiger partial charge is 0.159 e. The number of aryl methyl sites for hydroxylation is 1. The maximum Gasteiger partial charge on any atom is 0.0688 e. The lowest BCUT2D eigenvalue weighted by atomic mass is 10.0. The van der Waals surface area contributed by atoms with Gasteiger partial charge in [0.05, 0.1) is 11.9 Å². The van der Waals surface area contributed by atoms with E-state index in [4.69, 9.17) is 0 Å². The predicted molar refractivity (Wildman–Crippen MR) is 50.2 cm³/mol. The molecule has 0 saturated heterocycles. The summed E-state index contributed by atoms with van der Waals surface area (Å²) in [6, 6.07) is 0. The van der Waals surface area contributed by atoms with Crippen molar-refractivity contribution in [2.45, 2.75) is 40.0 Å². The summed E-state index contributed by atoms with van der Waals surface area (Å²) in [5.41, 5.74) is 3.76. The quantitative estimate of drug-likeness (QED) is 0.671. The number of hydrogen-bond donors (Lipinski definition) is 0. The number of aromatic nitrogens is 2. The van der Waals surface area contributed by atoms with Crippen LogP contribution in [-0.4, -0.2) is 10.2 Å². The molecule has 0 aromatic carbocycles. The van der Waals surface area contributed by atoms with Crippen molar-refractivity contribution in [1.82, 2.24) is 10.2 Å². The highest BCUT2D eigenvalue weighted by atomic mass is 15.1. The van der Waals surface area contributed by atoms with Crippen molar-refractivity contribution in [3.63, 3.8) is 0 Å². The molecule has 0 aliphatic carbocycles. The van der Waals surface area contributed by atoms with E-state index in [1.165, 1.54) is 11.1 Å². The van der Waals surface area contributed by atoms with Crippen LogP contribution in [0.5, 0.6) is 0 Å². The van der Waals surface area contributed by atoms with Crippen LogP contribution in [-0.2, 0) is 6.42 Å². The van der Waals surface area contributed by atoms with Crippen LogP contribution in [0.2, 0.25) is 0 Å². The molecule has 1 rings (SSSR count). The predicted octanol–water partition coefficient (Wildman–Crippen LogP) is 2.47. The van der Waals surface area contributed by atoms with Crippen molar-refractivity contribution in [2.24, 2.45) is 0 Å². The Morgan fingerprint density at radius 2 is 2.08 bits per heavy atom. The molecule has 2 nitrogen and oxygen atoms in total. The van der Waals surface area contributed by atoms with E-state index in [1.807, 2.05) is 6.20 Å². The summed E-state index contributed by atoms with van der Waals surface area (Å²) >= 11 is 0. The Morgan fingerprint density at radius 1 is 1.42 bits per heavy atom. The topological polar surface area (TPSA) is 25.8 Å². The van der Waals surface area contributed by atoms with Gasteiger partial charge in [0.25, 0.3) is 0 Å². The summed E-state index contributed by atoms with van der Waals surface area (Å²) in [6.45, 7) is 8.57. The Bertz CT molecular complexity index is 267. The van der Waals surface area contributed by atoms with E-state index in [0.29, 0.717) is 5.92 Å². The third-order valence-electron chi connectivity index (χ3n) is 2.17. The standard InChI is InChI=1S/C10H16N2/c1-5-9-6-11-12-10(7(2)3)8(9)4/h6-7H,5H2,1-4H3. The van der Waals surface area contributed by atoms with E-state index in [2.05, 4.69) is 37.9 Å². The lowest BCUT2D eigenvalue weighted by Crippen LogP contribution is -2.02. The van der Waals surface area contributed by atoms with Crippen LogP contribution in [0, 0.1) is 6.92 Å². The highest BCUT2D eigenvalue weighted by Crippen LogP contribution is 2.18. The van der Waals surface area contributed by atoms with Crippen LogP contribution < -0.4 is 0 Å². The van der Waals surface area contributed by atoms with Gasteiger partial charge in [0.15, 0.2) is 0 Å². The van der Waals surface area contributed by atoms with Crippen LogP contribution in [0.3, 0.4) is 0 Å². The van der Waals surface area contributed by atoms with Crippen LogP contribution in [0.25, 0.3) is 0 Å².